The van der Waals surface area contributed by atoms with Crippen molar-refractivity contribution in [1.29, 1.82) is 0 Å². The molecular formula is C22H24BrN3O2. The molecule has 1 heterocycles. The molecular weight excluding hydrogens is 418 g/mol. The third-order valence-electron chi connectivity index (χ3n) is 6.00. The number of H-pyrrole nitrogens is 1. The van der Waals surface area contributed by atoms with Crippen LogP contribution in [-0.2, 0) is 4.79 Å². The topological polar surface area (TPSA) is 66.9 Å². The zero-order chi connectivity index (χ0) is 19.8. The summed E-state index contributed by atoms with van der Waals surface area (Å²) in [6, 6.07) is 11.9. The van der Waals surface area contributed by atoms with Gasteiger partial charge in [0.2, 0.25) is 5.91 Å². The van der Waals surface area contributed by atoms with Crippen molar-refractivity contribution in [3.05, 3.63) is 62.5 Å². The van der Waals surface area contributed by atoms with E-state index in [2.05, 4.69) is 26.2 Å². The number of hydrogen-bond donors (Lipinski definition) is 2. The van der Waals surface area contributed by atoms with Gasteiger partial charge in [-0.25, -0.2) is 4.79 Å². The molecule has 2 N–H and O–H groups in total. The lowest BCUT2D eigenvalue weighted by Gasteiger charge is -2.28. The van der Waals surface area contributed by atoms with Gasteiger partial charge in [0.1, 0.15) is 0 Å². The SMILES string of the molecule is Cc1cccc(NC(=O)C2CCC(n3c(=O)[nH]c4c(Br)cccc43)CC2)c1C. The molecule has 0 bridgehead atoms. The molecule has 6 heteroatoms. The Balaban J connectivity index is 1.47. The van der Waals surface area contributed by atoms with E-state index in [9.17, 15) is 9.59 Å². The molecule has 1 aliphatic carbocycles. The van der Waals surface area contributed by atoms with E-state index in [1.807, 2.05) is 54.8 Å². The van der Waals surface area contributed by atoms with E-state index in [0.717, 1.165) is 52.4 Å². The smallest absolute Gasteiger partial charge is 0.326 e. The van der Waals surface area contributed by atoms with E-state index in [1.54, 1.807) is 0 Å². The number of imidazole rings is 1. The first-order valence-electron chi connectivity index (χ1n) is 9.71. The Morgan fingerprint density at radius 1 is 1.11 bits per heavy atom. The Bertz CT molecular complexity index is 1090. The lowest BCUT2D eigenvalue weighted by atomic mass is 9.85. The number of nitrogens with one attached hydrogen (secondary N) is 2. The van der Waals surface area contributed by atoms with Crippen molar-refractivity contribution >= 4 is 38.6 Å². The summed E-state index contributed by atoms with van der Waals surface area (Å²) in [6.45, 7) is 4.08. The first-order chi connectivity index (χ1) is 13.5. The molecule has 5 nitrogen and oxygen atoms in total. The summed E-state index contributed by atoms with van der Waals surface area (Å²) >= 11 is 3.50. The van der Waals surface area contributed by atoms with Crippen LogP contribution in [0, 0.1) is 19.8 Å². The number of rotatable bonds is 3. The third kappa shape index (κ3) is 3.41. The van der Waals surface area contributed by atoms with Crippen molar-refractivity contribution in [3.63, 3.8) is 0 Å². The van der Waals surface area contributed by atoms with E-state index in [0.29, 0.717) is 0 Å². The van der Waals surface area contributed by atoms with Gasteiger partial charge in [-0.2, -0.15) is 0 Å². The molecule has 0 aliphatic heterocycles. The van der Waals surface area contributed by atoms with Crippen LogP contribution in [0.4, 0.5) is 5.69 Å². The summed E-state index contributed by atoms with van der Waals surface area (Å²) in [5.41, 5.74) is 4.85. The van der Waals surface area contributed by atoms with Gasteiger partial charge in [0.15, 0.2) is 0 Å². The van der Waals surface area contributed by atoms with Crippen LogP contribution in [0.25, 0.3) is 11.0 Å². The van der Waals surface area contributed by atoms with Gasteiger partial charge in [0.05, 0.1) is 11.0 Å². The highest BCUT2D eigenvalue weighted by atomic mass is 79.9. The van der Waals surface area contributed by atoms with Crippen LogP contribution in [0.1, 0.15) is 42.9 Å². The minimum atomic E-state index is -0.0785. The number of carbonyl (C=O) groups is 1. The second-order valence-electron chi connectivity index (χ2n) is 7.68. The highest BCUT2D eigenvalue weighted by Gasteiger charge is 2.29. The first kappa shape index (κ1) is 19.0. The van der Waals surface area contributed by atoms with E-state index >= 15 is 0 Å². The number of para-hydroxylation sites is 1. The molecule has 1 aliphatic rings. The molecule has 0 unspecified atom stereocenters. The van der Waals surface area contributed by atoms with Gasteiger partial charge in [-0.3, -0.25) is 9.36 Å². The van der Waals surface area contributed by atoms with Crippen molar-refractivity contribution in [2.24, 2.45) is 5.92 Å². The minimum Gasteiger partial charge on any atom is -0.326 e. The van der Waals surface area contributed by atoms with Crippen molar-refractivity contribution < 1.29 is 4.79 Å². The molecule has 1 saturated carbocycles. The number of amides is 1. The quantitative estimate of drug-likeness (QED) is 0.594. The molecule has 2 aromatic carbocycles. The predicted octanol–water partition coefficient (Wildman–Crippen LogP) is 5.08. The highest BCUT2D eigenvalue weighted by Crippen LogP contribution is 2.34. The van der Waals surface area contributed by atoms with Crippen LogP contribution >= 0.6 is 15.9 Å². The van der Waals surface area contributed by atoms with E-state index in [1.165, 1.54) is 5.56 Å². The van der Waals surface area contributed by atoms with Crippen LogP contribution in [0.3, 0.4) is 0 Å². The van der Waals surface area contributed by atoms with Crippen LogP contribution in [-0.4, -0.2) is 15.5 Å². The summed E-state index contributed by atoms with van der Waals surface area (Å²) in [4.78, 5) is 28.2. The molecule has 1 amide bonds. The number of benzene rings is 2. The first-order valence-corrected chi connectivity index (χ1v) is 10.5. The Morgan fingerprint density at radius 3 is 2.57 bits per heavy atom. The fraction of sp³-hybridized carbons (Fsp3) is 0.364. The molecule has 146 valence electrons. The normalized spacial score (nSPS) is 19.7. The van der Waals surface area contributed by atoms with Gasteiger partial charge in [-0.05, 0) is 84.8 Å². The summed E-state index contributed by atoms with van der Waals surface area (Å²) in [5.74, 6) is 0.0741. The minimum absolute atomic E-state index is 0.0104. The van der Waals surface area contributed by atoms with Crippen molar-refractivity contribution in [2.75, 3.05) is 5.32 Å². The molecule has 1 fully saturated rings. The Morgan fingerprint density at radius 2 is 1.82 bits per heavy atom. The van der Waals surface area contributed by atoms with Gasteiger partial charge in [-0.1, -0.05) is 18.2 Å². The van der Waals surface area contributed by atoms with E-state index < -0.39 is 0 Å². The van der Waals surface area contributed by atoms with Crippen LogP contribution in [0.2, 0.25) is 0 Å². The molecule has 28 heavy (non-hydrogen) atoms. The molecule has 0 spiro atoms. The zero-order valence-electron chi connectivity index (χ0n) is 16.1. The van der Waals surface area contributed by atoms with Gasteiger partial charge in [0.25, 0.3) is 0 Å². The molecule has 3 aromatic rings. The maximum absolute atomic E-state index is 12.8. The second kappa shape index (κ2) is 7.59. The summed E-state index contributed by atoms with van der Waals surface area (Å²) < 4.78 is 2.75. The largest absolute Gasteiger partial charge is 0.326 e. The number of aromatic nitrogens is 2. The fourth-order valence-corrected chi connectivity index (χ4v) is 4.65. The van der Waals surface area contributed by atoms with E-state index in [-0.39, 0.29) is 23.6 Å². The number of nitrogens with zero attached hydrogens (tertiary/aromatic N) is 1. The molecule has 0 radical (unpaired) electrons. The molecule has 1 aromatic heterocycles. The maximum atomic E-state index is 12.8. The van der Waals surface area contributed by atoms with Gasteiger partial charge in [-0.15, -0.1) is 0 Å². The summed E-state index contributed by atoms with van der Waals surface area (Å²) in [7, 11) is 0. The van der Waals surface area contributed by atoms with Gasteiger partial charge < -0.3 is 10.3 Å². The number of hydrogen-bond acceptors (Lipinski definition) is 2. The summed E-state index contributed by atoms with van der Waals surface area (Å²) in [5, 5.41) is 3.10. The Kier molecular flexibility index (Phi) is 5.15. The summed E-state index contributed by atoms with van der Waals surface area (Å²) in [6.07, 6.45) is 3.22. The average Bonchev–Trinajstić information content (AvgIpc) is 3.03. The average molecular weight is 442 g/mol. The molecule has 0 saturated heterocycles. The van der Waals surface area contributed by atoms with Crippen LogP contribution < -0.4 is 11.0 Å². The predicted molar refractivity (Wildman–Crippen MR) is 116 cm³/mol. The number of carbonyl (C=O) groups excluding carboxylic acids is 1. The van der Waals surface area contributed by atoms with Crippen LogP contribution in [0.15, 0.2) is 45.7 Å². The third-order valence-corrected chi connectivity index (χ3v) is 6.66. The van der Waals surface area contributed by atoms with Crippen LogP contribution in [0.5, 0.6) is 0 Å². The van der Waals surface area contributed by atoms with Crippen molar-refractivity contribution in [2.45, 2.75) is 45.6 Å². The monoisotopic (exact) mass is 441 g/mol. The van der Waals surface area contributed by atoms with E-state index in [4.69, 9.17) is 0 Å². The number of anilines is 1. The zero-order valence-corrected chi connectivity index (χ0v) is 17.7. The standard InChI is InChI=1S/C22H24BrN3O2/c1-13-5-3-7-18(14(13)2)24-21(27)15-9-11-16(12-10-15)26-19-8-4-6-17(23)20(19)25-22(26)28/h3-8,15-16H,9-12H2,1-2H3,(H,24,27)(H,25,28). The fourth-order valence-electron chi connectivity index (χ4n) is 4.19. The number of aryl methyl sites for hydroxylation is 1. The Labute approximate surface area is 172 Å². The van der Waals surface area contributed by atoms with Crippen molar-refractivity contribution in [1.82, 2.24) is 9.55 Å². The number of halogens is 1. The second-order valence-corrected chi connectivity index (χ2v) is 8.53. The molecule has 4 rings (SSSR count). The number of fused-ring (bicyclic) bond motifs is 1. The number of aromatic amines is 1. The Hall–Kier alpha value is -2.34. The van der Waals surface area contributed by atoms with Crippen molar-refractivity contribution in [3.8, 4) is 0 Å². The molecule has 0 atom stereocenters. The maximum Gasteiger partial charge on any atom is 0.326 e. The lowest BCUT2D eigenvalue weighted by Crippen LogP contribution is -2.31. The lowest BCUT2D eigenvalue weighted by molar-refractivity contribution is -0.121. The van der Waals surface area contributed by atoms with Gasteiger partial charge >= 0.3 is 5.69 Å². The van der Waals surface area contributed by atoms with Gasteiger partial charge in [0, 0.05) is 22.1 Å². The highest BCUT2D eigenvalue weighted by molar-refractivity contribution is 9.10.